The first-order chi connectivity index (χ1) is 10.2. The fourth-order valence-corrected chi connectivity index (χ4v) is 2.71. The second kappa shape index (κ2) is 7.43. The highest BCUT2D eigenvalue weighted by atomic mass is 16.5. The number of methoxy groups -OCH3 is 1. The van der Waals surface area contributed by atoms with Gasteiger partial charge in [0, 0.05) is 25.7 Å². The van der Waals surface area contributed by atoms with Gasteiger partial charge in [-0.1, -0.05) is 12.5 Å². The van der Waals surface area contributed by atoms with Gasteiger partial charge >= 0.3 is 0 Å². The maximum Gasteiger partial charge on any atom is 0.129 e. The van der Waals surface area contributed by atoms with Crippen LogP contribution in [0.3, 0.4) is 0 Å². The summed E-state index contributed by atoms with van der Waals surface area (Å²) in [5.74, 6) is 0.663. The molecule has 2 rings (SSSR count). The minimum atomic E-state index is 0.0271. The Balaban J connectivity index is 2.12. The highest BCUT2D eigenvalue weighted by Gasteiger charge is 2.24. The van der Waals surface area contributed by atoms with Crippen LogP contribution in [-0.4, -0.2) is 42.1 Å². The zero-order valence-electron chi connectivity index (χ0n) is 12.6. The number of nitrogen functional groups attached to an aromatic ring is 1. The molecule has 0 aliphatic heterocycles. The van der Waals surface area contributed by atoms with Crippen LogP contribution in [0, 0.1) is 5.41 Å². The van der Waals surface area contributed by atoms with E-state index >= 15 is 0 Å². The molecule has 0 radical (unpaired) electrons. The van der Waals surface area contributed by atoms with Gasteiger partial charge in [0.1, 0.15) is 11.6 Å². The molecule has 5 nitrogen and oxygen atoms in total. The van der Waals surface area contributed by atoms with Crippen LogP contribution in [0.5, 0.6) is 5.75 Å². The lowest BCUT2D eigenvalue weighted by molar-refractivity contribution is 0.109. The van der Waals surface area contributed by atoms with Gasteiger partial charge in [-0.2, -0.15) is 0 Å². The molecule has 0 heterocycles. The maximum absolute atomic E-state index is 9.05. The summed E-state index contributed by atoms with van der Waals surface area (Å²) in [5.41, 5.74) is 7.40. The molecular formula is C16H25N3O2. The average molecular weight is 291 g/mol. The smallest absolute Gasteiger partial charge is 0.129 e. The highest BCUT2D eigenvalue weighted by Crippen LogP contribution is 2.27. The molecule has 5 heteroatoms. The summed E-state index contributed by atoms with van der Waals surface area (Å²) in [7, 11) is 1.59. The van der Waals surface area contributed by atoms with Crippen molar-refractivity contribution < 1.29 is 9.84 Å². The molecule has 1 aliphatic rings. The molecule has 0 spiro atoms. The van der Waals surface area contributed by atoms with Crippen LogP contribution in [0.4, 0.5) is 0 Å². The lowest BCUT2D eigenvalue weighted by Gasteiger charge is -2.37. The van der Waals surface area contributed by atoms with E-state index < -0.39 is 0 Å². The molecule has 0 aromatic heterocycles. The quantitative estimate of drug-likeness (QED) is 0.503. The molecule has 21 heavy (non-hydrogen) atoms. The molecule has 0 amide bonds. The Bertz CT molecular complexity index is 486. The van der Waals surface area contributed by atoms with E-state index in [-0.39, 0.29) is 12.4 Å². The molecular weight excluding hydrogens is 266 g/mol. The molecule has 1 aliphatic carbocycles. The first-order valence-electron chi connectivity index (χ1n) is 7.52. The van der Waals surface area contributed by atoms with Gasteiger partial charge in [-0.15, -0.1) is 0 Å². The van der Waals surface area contributed by atoms with Gasteiger partial charge < -0.3 is 15.6 Å². The number of nitrogens with two attached hydrogens (primary N) is 1. The SMILES string of the molecule is COc1ccc(CN(CCCO)C2CCC2)cc1C(=N)N. The number of ether oxygens (including phenoxy) is 1. The minimum absolute atomic E-state index is 0.0271. The van der Waals surface area contributed by atoms with Crippen LogP contribution in [-0.2, 0) is 6.54 Å². The molecule has 1 saturated carbocycles. The van der Waals surface area contributed by atoms with E-state index in [2.05, 4.69) is 4.90 Å². The molecule has 0 unspecified atom stereocenters. The zero-order valence-corrected chi connectivity index (χ0v) is 12.6. The second-order valence-corrected chi connectivity index (χ2v) is 5.58. The number of benzene rings is 1. The molecule has 0 bridgehead atoms. The molecule has 0 atom stereocenters. The lowest BCUT2D eigenvalue weighted by Crippen LogP contribution is -2.40. The van der Waals surface area contributed by atoms with E-state index in [1.807, 2.05) is 18.2 Å². The Hall–Kier alpha value is -1.59. The topological polar surface area (TPSA) is 82.6 Å². The van der Waals surface area contributed by atoms with Gasteiger partial charge in [-0.05, 0) is 37.0 Å². The highest BCUT2D eigenvalue weighted by molar-refractivity contribution is 5.97. The standard InChI is InChI=1S/C16H25N3O2/c1-21-15-7-6-12(10-14(15)16(17)18)11-19(8-3-9-20)13-4-2-5-13/h6-7,10,13,20H,2-5,8-9,11H2,1H3,(H3,17,18). The largest absolute Gasteiger partial charge is 0.496 e. The van der Waals surface area contributed by atoms with Gasteiger partial charge in [-0.25, -0.2) is 0 Å². The Morgan fingerprint density at radius 3 is 2.76 bits per heavy atom. The number of aliphatic hydroxyl groups excluding tert-OH is 1. The van der Waals surface area contributed by atoms with E-state index in [9.17, 15) is 0 Å². The minimum Gasteiger partial charge on any atom is -0.496 e. The third-order valence-corrected chi connectivity index (χ3v) is 4.13. The van der Waals surface area contributed by atoms with Gasteiger partial charge in [0.25, 0.3) is 0 Å². The molecule has 116 valence electrons. The van der Waals surface area contributed by atoms with Crippen LogP contribution in [0.25, 0.3) is 0 Å². The van der Waals surface area contributed by atoms with Crippen molar-refractivity contribution in [3.05, 3.63) is 29.3 Å². The number of hydrogen-bond acceptors (Lipinski definition) is 4. The number of amidine groups is 1. The number of nitrogens with one attached hydrogen (secondary N) is 1. The van der Waals surface area contributed by atoms with Crippen molar-refractivity contribution in [3.63, 3.8) is 0 Å². The number of aliphatic hydroxyl groups is 1. The van der Waals surface area contributed by atoms with Gasteiger partial charge in [0.2, 0.25) is 0 Å². The number of rotatable bonds is 8. The zero-order chi connectivity index (χ0) is 15.2. The lowest BCUT2D eigenvalue weighted by atomic mass is 9.91. The Kier molecular flexibility index (Phi) is 5.59. The average Bonchev–Trinajstić information content (AvgIpc) is 2.42. The van der Waals surface area contributed by atoms with Crippen LogP contribution in [0.15, 0.2) is 18.2 Å². The van der Waals surface area contributed by atoms with Crippen molar-refractivity contribution in [2.24, 2.45) is 5.73 Å². The second-order valence-electron chi connectivity index (χ2n) is 5.58. The normalized spacial score (nSPS) is 15.0. The van der Waals surface area contributed by atoms with Crippen molar-refractivity contribution in [1.29, 1.82) is 5.41 Å². The van der Waals surface area contributed by atoms with Crippen LogP contribution in [0.2, 0.25) is 0 Å². The number of nitrogens with zero attached hydrogens (tertiary/aromatic N) is 1. The van der Waals surface area contributed by atoms with Crippen molar-refractivity contribution in [1.82, 2.24) is 4.90 Å². The molecule has 4 N–H and O–H groups in total. The third kappa shape index (κ3) is 3.95. The fourth-order valence-electron chi connectivity index (χ4n) is 2.71. The number of hydrogen-bond donors (Lipinski definition) is 3. The van der Waals surface area contributed by atoms with E-state index in [1.54, 1.807) is 7.11 Å². The Morgan fingerprint density at radius 1 is 1.48 bits per heavy atom. The van der Waals surface area contributed by atoms with Crippen molar-refractivity contribution in [2.75, 3.05) is 20.3 Å². The summed E-state index contributed by atoms with van der Waals surface area (Å²) in [6, 6.07) is 6.46. The summed E-state index contributed by atoms with van der Waals surface area (Å²) < 4.78 is 5.24. The fraction of sp³-hybridized carbons (Fsp3) is 0.562. The molecule has 1 aromatic carbocycles. The van der Waals surface area contributed by atoms with E-state index in [1.165, 1.54) is 19.3 Å². The predicted octanol–water partition coefficient (Wildman–Crippen LogP) is 1.72. The molecule has 1 aromatic rings. The molecule has 1 fully saturated rings. The van der Waals surface area contributed by atoms with Crippen LogP contribution in [0.1, 0.15) is 36.8 Å². The predicted molar refractivity (Wildman–Crippen MR) is 83.8 cm³/mol. The summed E-state index contributed by atoms with van der Waals surface area (Å²) in [5, 5.41) is 16.7. The maximum atomic E-state index is 9.05. The summed E-state index contributed by atoms with van der Waals surface area (Å²) in [6.07, 6.45) is 4.57. The van der Waals surface area contributed by atoms with Gasteiger partial charge in [0.05, 0.1) is 12.7 Å². The van der Waals surface area contributed by atoms with Crippen molar-refractivity contribution in [2.45, 2.75) is 38.3 Å². The first kappa shape index (κ1) is 15.8. The monoisotopic (exact) mass is 291 g/mol. The molecule has 0 saturated heterocycles. The summed E-state index contributed by atoms with van der Waals surface area (Å²) >= 11 is 0. The Morgan fingerprint density at radius 2 is 2.24 bits per heavy atom. The van der Waals surface area contributed by atoms with E-state index in [4.69, 9.17) is 21.0 Å². The van der Waals surface area contributed by atoms with E-state index in [0.717, 1.165) is 25.1 Å². The van der Waals surface area contributed by atoms with Crippen LogP contribution >= 0.6 is 0 Å². The van der Waals surface area contributed by atoms with Crippen molar-refractivity contribution in [3.8, 4) is 5.75 Å². The Labute approximate surface area is 126 Å². The summed E-state index contributed by atoms with van der Waals surface area (Å²) in [6.45, 7) is 1.96. The van der Waals surface area contributed by atoms with Crippen LogP contribution < -0.4 is 10.5 Å². The van der Waals surface area contributed by atoms with E-state index in [0.29, 0.717) is 17.4 Å². The third-order valence-electron chi connectivity index (χ3n) is 4.13. The van der Waals surface area contributed by atoms with Gasteiger partial charge in [0.15, 0.2) is 0 Å². The first-order valence-corrected chi connectivity index (χ1v) is 7.52. The van der Waals surface area contributed by atoms with Crippen molar-refractivity contribution >= 4 is 5.84 Å². The summed E-state index contributed by atoms with van der Waals surface area (Å²) in [4.78, 5) is 2.42. The van der Waals surface area contributed by atoms with Gasteiger partial charge in [-0.3, -0.25) is 10.3 Å².